The van der Waals surface area contributed by atoms with Gasteiger partial charge in [0.15, 0.2) is 0 Å². The first-order valence-corrected chi connectivity index (χ1v) is 9.39. The van der Waals surface area contributed by atoms with Crippen molar-refractivity contribution < 1.29 is 9.59 Å². The van der Waals surface area contributed by atoms with Crippen molar-refractivity contribution in [1.29, 1.82) is 0 Å². The molecule has 1 aliphatic heterocycles. The van der Waals surface area contributed by atoms with Crippen LogP contribution in [-0.2, 0) is 9.59 Å². The molecule has 0 unspecified atom stereocenters. The van der Waals surface area contributed by atoms with Gasteiger partial charge >= 0.3 is 0 Å². The second-order valence-electron chi connectivity index (χ2n) is 5.58. The highest BCUT2D eigenvalue weighted by Crippen LogP contribution is 2.34. The lowest BCUT2D eigenvalue weighted by Crippen LogP contribution is -2.43. The van der Waals surface area contributed by atoms with E-state index in [1.165, 1.54) is 11.8 Å². The molecule has 1 atom stereocenters. The van der Waals surface area contributed by atoms with Crippen LogP contribution in [0.2, 0.25) is 0 Å². The second-order valence-corrected chi connectivity index (χ2v) is 7.51. The zero-order valence-electron chi connectivity index (χ0n) is 13.2. The molecule has 0 radical (unpaired) electrons. The number of carbonyl (C=O) groups is 2. The molecule has 0 saturated heterocycles. The predicted octanol–water partition coefficient (Wildman–Crippen LogP) is 3.77. The van der Waals surface area contributed by atoms with Gasteiger partial charge in [0.05, 0.1) is 17.5 Å². The van der Waals surface area contributed by atoms with Crippen LogP contribution in [0, 0.1) is 0 Å². The Kier molecular flexibility index (Phi) is 5.26. The molecular weight excluding hydrogens is 388 g/mol. The highest BCUT2D eigenvalue weighted by molar-refractivity contribution is 9.10. The first kappa shape index (κ1) is 17.0. The summed E-state index contributed by atoms with van der Waals surface area (Å²) in [7, 11) is 0. The van der Waals surface area contributed by atoms with Gasteiger partial charge in [-0.1, -0.05) is 40.2 Å². The molecule has 2 aromatic rings. The number of nitrogens with one attached hydrogen (secondary N) is 1. The molecule has 0 saturated carbocycles. The number of amides is 2. The zero-order valence-corrected chi connectivity index (χ0v) is 15.6. The molecule has 124 valence electrons. The standard InChI is InChI=1S/C18H17BrN2O2S/c1-12(13-5-4-6-14(19)9-13)20-17(22)10-21-15-7-2-3-8-16(15)24-11-18(21)23/h2-9,12H,10-11H2,1H3,(H,20,22)/t12-/m0/s1. The summed E-state index contributed by atoms with van der Waals surface area (Å²) in [5.74, 6) is 0.160. The van der Waals surface area contributed by atoms with E-state index in [1.54, 1.807) is 4.90 Å². The fourth-order valence-corrected chi connectivity index (χ4v) is 3.97. The van der Waals surface area contributed by atoms with Crippen LogP contribution in [0.1, 0.15) is 18.5 Å². The monoisotopic (exact) mass is 404 g/mol. The molecule has 2 aromatic carbocycles. The van der Waals surface area contributed by atoms with Crippen molar-refractivity contribution in [3.8, 4) is 0 Å². The lowest BCUT2D eigenvalue weighted by molar-refractivity contribution is -0.123. The van der Waals surface area contributed by atoms with Crippen molar-refractivity contribution in [1.82, 2.24) is 5.32 Å². The van der Waals surface area contributed by atoms with Gasteiger partial charge in [-0.15, -0.1) is 11.8 Å². The van der Waals surface area contributed by atoms with Crippen LogP contribution in [0.5, 0.6) is 0 Å². The van der Waals surface area contributed by atoms with Gasteiger partial charge in [0.25, 0.3) is 0 Å². The van der Waals surface area contributed by atoms with Crippen molar-refractivity contribution in [2.45, 2.75) is 17.9 Å². The summed E-state index contributed by atoms with van der Waals surface area (Å²) in [6.07, 6.45) is 0. The summed E-state index contributed by atoms with van der Waals surface area (Å²) < 4.78 is 0.971. The van der Waals surface area contributed by atoms with E-state index < -0.39 is 0 Å². The summed E-state index contributed by atoms with van der Waals surface area (Å²) >= 11 is 4.95. The molecule has 0 aromatic heterocycles. The first-order valence-electron chi connectivity index (χ1n) is 7.61. The number of hydrogen-bond acceptors (Lipinski definition) is 3. The molecule has 6 heteroatoms. The van der Waals surface area contributed by atoms with Gasteiger partial charge in [-0.05, 0) is 36.8 Å². The number of carbonyl (C=O) groups excluding carboxylic acids is 2. The van der Waals surface area contributed by atoms with Crippen LogP contribution in [-0.4, -0.2) is 24.1 Å². The van der Waals surface area contributed by atoms with Crippen molar-refractivity contribution in [3.05, 3.63) is 58.6 Å². The summed E-state index contributed by atoms with van der Waals surface area (Å²) in [5, 5.41) is 2.96. The molecular formula is C18H17BrN2O2S. The highest BCUT2D eigenvalue weighted by Gasteiger charge is 2.26. The summed E-state index contributed by atoms with van der Waals surface area (Å²) in [4.78, 5) is 27.2. The normalized spacial score (nSPS) is 14.9. The van der Waals surface area contributed by atoms with Crippen LogP contribution in [0.3, 0.4) is 0 Å². The van der Waals surface area contributed by atoms with E-state index in [2.05, 4.69) is 21.2 Å². The second kappa shape index (κ2) is 7.40. The van der Waals surface area contributed by atoms with E-state index in [0.29, 0.717) is 5.75 Å². The topological polar surface area (TPSA) is 49.4 Å². The summed E-state index contributed by atoms with van der Waals surface area (Å²) in [6.45, 7) is 1.97. The average molecular weight is 405 g/mol. The van der Waals surface area contributed by atoms with E-state index >= 15 is 0 Å². The Morgan fingerprint density at radius 1 is 1.29 bits per heavy atom. The number of hydrogen-bond donors (Lipinski definition) is 1. The minimum absolute atomic E-state index is 0.0365. The van der Waals surface area contributed by atoms with Crippen molar-refractivity contribution in [2.75, 3.05) is 17.2 Å². The van der Waals surface area contributed by atoms with Crippen LogP contribution in [0.15, 0.2) is 57.9 Å². The van der Waals surface area contributed by atoms with Gasteiger partial charge in [0.2, 0.25) is 11.8 Å². The van der Waals surface area contributed by atoms with Gasteiger partial charge in [-0.3, -0.25) is 9.59 Å². The van der Waals surface area contributed by atoms with E-state index in [-0.39, 0.29) is 24.4 Å². The number of thioether (sulfide) groups is 1. The minimum atomic E-state index is -0.169. The third kappa shape index (κ3) is 3.82. The average Bonchev–Trinajstić information content (AvgIpc) is 2.57. The third-order valence-corrected chi connectivity index (χ3v) is 5.38. The molecule has 1 N–H and O–H groups in total. The van der Waals surface area contributed by atoms with Crippen LogP contribution < -0.4 is 10.2 Å². The third-order valence-electron chi connectivity index (χ3n) is 3.84. The van der Waals surface area contributed by atoms with Gasteiger partial charge in [-0.25, -0.2) is 0 Å². The first-order chi connectivity index (χ1) is 11.5. The van der Waals surface area contributed by atoms with E-state index in [0.717, 1.165) is 20.6 Å². The molecule has 0 bridgehead atoms. The van der Waals surface area contributed by atoms with Crippen molar-refractivity contribution in [2.24, 2.45) is 0 Å². The number of rotatable bonds is 4. The van der Waals surface area contributed by atoms with Crippen molar-refractivity contribution >= 4 is 45.2 Å². The fourth-order valence-electron chi connectivity index (χ4n) is 2.62. The largest absolute Gasteiger partial charge is 0.348 e. The summed E-state index contributed by atoms with van der Waals surface area (Å²) in [5.41, 5.74) is 1.82. The molecule has 3 rings (SSSR count). The number of para-hydroxylation sites is 1. The van der Waals surface area contributed by atoms with E-state index in [9.17, 15) is 9.59 Å². The maximum Gasteiger partial charge on any atom is 0.240 e. The number of fused-ring (bicyclic) bond motifs is 1. The SMILES string of the molecule is C[C@H](NC(=O)CN1C(=O)CSc2ccccc21)c1cccc(Br)c1. The molecule has 24 heavy (non-hydrogen) atoms. The van der Waals surface area contributed by atoms with Crippen LogP contribution in [0.25, 0.3) is 0 Å². The minimum Gasteiger partial charge on any atom is -0.348 e. The predicted molar refractivity (Wildman–Crippen MR) is 100 cm³/mol. The fraction of sp³-hybridized carbons (Fsp3) is 0.222. The maximum absolute atomic E-state index is 12.4. The lowest BCUT2D eigenvalue weighted by Gasteiger charge is -2.28. The molecule has 2 amide bonds. The van der Waals surface area contributed by atoms with Gasteiger partial charge in [-0.2, -0.15) is 0 Å². The smallest absolute Gasteiger partial charge is 0.240 e. The van der Waals surface area contributed by atoms with Gasteiger partial charge in [0, 0.05) is 9.37 Å². The quantitative estimate of drug-likeness (QED) is 0.843. The number of anilines is 1. The molecule has 1 aliphatic rings. The van der Waals surface area contributed by atoms with Gasteiger partial charge in [0.1, 0.15) is 6.54 Å². The Morgan fingerprint density at radius 3 is 2.88 bits per heavy atom. The van der Waals surface area contributed by atoms with E-state index in [4.69, 9.17) is 0 Å². The lowest BCUT2D eigenvalue weighted by atomic mass is 10.1. The number of benzene rings is 2. The Hall–Kier alpha value is -1.79. The molecule has 0 aliphatic carbocycles. The Bertz CT molecular complexity index is 781. The van der Waals surface area contributed by atoms with E-state index in [1.807, 2.05) is 55.5 Å². The van der Waals surface area contributed by atoms with Crippen LogP contribution >= 0.6 is 27.7 Å². The summed E-state index contributed by atoms with van der Waals surface area (Å²) in [6, 6.07) is 15.4. The Labute approximate surface area is 153 Å². The van der Waals surface area contributed by atoms with Crippen molar-refractivity contribution in [3.63, 3.8) is 0 Å². The Morgan fingerprint density at radius 2 is 2.08 bits per heavy atom. The number of nitrogens with zero attached hydrogens (tertiary/aromatic N) is 1. The number of halogens is 1. The van der Waals surface area contributed by atoms with Crippen LogP contribution in [0.4, 0.5) is 5.69 Å². The maximum atomic E-state index is 12.4. The molecule has 4 nitrogen and oxygen atoms in total. The Balaban J connectivity index is 1.70. The molecule has 0 fully saturated rings. The molecule has 0 spiro atoms. The molecule has 1 heterocycles. The van der Waals surface area contributed by atoms with Gasteiger partial charge < -0.3 is 10.2 Å². The zero-order chi connectivity index (χ0) is 17.1. The highest BCUT2D eigenvalue weighted by atomic mass is 79.9.